The molecule has 9 nitrogen and oxygen atoms in total. The Hall–Kier alpha value is -1.97. The van der Waals surface area contributed by atoms with Gasteiger partial charge in [0.25, 0.3) is 6.29 Å². The van der Waals surface area contributed by atoms with E-state index in [0.29, 0.717) is 17.4 Å². The molecule has 0 spiro atoms. The fraction of sp³-hybridized carbons (Fsp3) is 0.907. The molecule has 2 atom stereocenters. The molecule has 63 heavy (non-hydrogen) atoms. The number of aliphatic carboxylic acids is 1. The summed E-state index contributed by atoms with van der Waals surface area (Å²) in [7, 11) is 5.97. The van der Waals surface area contributed by atoms with Crippen LogP contribution in [-0.4, -0.2) is 87.4 Å². The van der Waals surface area contributed by atoms with E-state index in [-0.39, 0.29) is 32.2 Å². The minimum atomic E-state index is -1.51. The number of ether oxygens (including phenoxy) is 4. The van der Waals surface area contributed by atoms with Gasteiger partial charge in [-0.05, 0) is 38.5 Å². The van der Waals surface area contributed by atoms with Crippen LogP contribution in [0.5, 0.6) is 0 Å². The summed E-state index contributed by atoms with van der Waals surface area (Å²) in [5.41, 5.74) is 0. The van der Waals surface area contributed by atoms with E-state index in [1.165, 1.54) is 193 Å². The number of nitrogens with zero attached hydrogens (tertiary/aromatic N) is 1. The summed E-state index contributed by atoms with van der Waals surface area (Å²) in [5, 5.41) is 9.68. The van der Waals surface area contributed by atoms with Crippen LogP contribution < -0.4 is 0 Å². The lowest BCUT2D eigenvalue weighted by Crippen LogP contribution is -2.40. The number of carboxylic acids is 1. The first-order valence-corrected chi connectivity index (χ1v) is 26.9. The van der Waals surface area contributed by atoms with Crippen LogP contribution in [0.4, 0.5) is 0 Å². The topological polar surface area (TPSA) is 108 Å². The van der Waals surface area contributed by atoms with E-state index in [2.05, 4.69) is 26.0 Å². The lowest BCUT2D eigenvalue weighted by Gasteiger charge is -2.25. The van der Waals surface area contributed by atoms with Crippen molar-refractivity contribution in [3.05, 3.63) is 12.2 Å². The van der Waals surface area contributed by atoms with Crippen molar-refractivity contribution < 1.29 is 42.9 Å². The number of likely N-dealkylation sites (N-methyl/N-ethyl adjacent to an activating group) is 1. The number of carbonyl (C=O) groups is 3. The predicted molar refractivity (Wildman–Crippen MR) is 263 cm³/mol. The van der Waals surface area contributed by atoms with Gasteiger partial charge >= 0.3 is 17.9 Å². The highest BCUT2D eigenvalue weighted by Crippen LogP contribution is 2.16. The maximum atomic E-state index is 12.8. The maximum absolute atomic E-state index is 12.8. The molecule has 0 bridgehead atoms. The number of carboxylic acid groups (broad SMARTS) is 1. The first-order chi connectivity index (χ1) is 30.6. The first-order valence-electron chi connectivity index (χ1n) is 26.9. The van der Waals surface area contributed by atoms with E-state index in [4.69, 9.17) is 18.9 Å². The Kier molecular flexibility index (Phi) is 45.1. The van der Waals surface area contributed by atoms with Gasteiger partial charge < -0.3 is 28.5 Å². The highest BCUT2D eigenvalue weighted by molar-refractivity contribution is 5.71. The van der Waals surface area contributed by atoms with Crippen molar-refractivity contribution in [1.29, 1.82) is 0 Å². The first kappa shape index (κ1) is 61.0. The minimum absolute atomic E-state index is 0.176. The van der Waals surface area contributed by atoms with E-state index in [1.807, 2.05) is 21.1 Å². The van der Waals surface area contributed by atoms with Gasteiger partial charge in [0.1, 0.15) is 13.2 Å². The van der Waals surface area contributed by atoms with E-state index < -0.39 is 24.3 Å². The standard InChI is InChI=1S/C54H103NO8/c1-6-8-10-12-14-16-18-20-22-24-25-26-27-29-31-33-35-37-39-41-43-45-52(57)63-50(49-62-54(53(58)59)60-47-46-55(3,4)5)48-61-51(56)44-42-40-38-36-34-32-30-28-23-21-19-17-15-13-11-9-7-2/h24-25,50,54H,6-23,26-49H2,1-5H3/p+1/b25-24-. The largest absolute Gasteiger partial charge is 0.477 e. The van der Waals surface area contributed by atoms with Gasteiger partial charge in [0.15, 0.2) is 6.10 Å². The predicted octanol–water partition coefficient (Wildman–Crippen LogP) is 15.0. The van der Waals surface area contributed by atoms with Crippen LogP contribution >= 0.6 is 0 Å². The second kappa shape index (κ2) is 46.6. The molecule has 0 saturated heterocycles. The summed E-state index contributed by atoms with van der Waals surface area (Å²) in [5.74, 6) is -1.99. The molecule has 372 valence electrons. The summed E-state index contributed by atoms with van der Waals surface area (Å²) >= 11 is 0. The van der Waals surface area contributed by atoms with Crippen LogP contribution in [0.15, 0.2) is 12.2 Å². The molecule has 9 heteroatoms. The molecule has 0 amide bonds. The summed E-state index contributed by atoms with van der Waals surface area (Å²) < 4.78 is 22.9. The van der Waals surface area contributed by atoms with Crippen LogP contribution in [-0.2, 0) is 33.3 Å². The molecule has 0 fully saturated rings. The highest BCUT2D eigenvalue weighted by Gasteiger charge is 2.25. The van der Waals surface area contributed by atoms with Crippen molar-refractivity contribution in [3.8, 4) is 0 Å². The molecule has 0 aromatic rings. The molecular formula is C54H104NO8+. The zero-order valence-corrected chi connectivity index (χ0v) is 42.3. The van der Waals surface area contributed by atoms with Gasteiger partial charge in [-0.1, -0.05) is 219 Å². The summed E-state index contributed by atoms with van der Waals surface area (Å²) in [6, 6.07) is 0. The number of esters is 2. The van der Waals surface area contributed by atoms with Gasteiger partial charge in [0, 0.05) is 12.8 Å². The van der Waals surface area contributed by atoms with E-state index >= 15 is 0 Å². The summed E-state index contributed by atoms with van der Waals surface area (Å²) in [6.45, 7) is 4.92. The molecule has 2 unspecified atom stereocenters. The monoisotopic (exact) mass is 895 g/mol. The Balaban J connectivity index is 4.28. The van der Waals surface area contributed by atoms with Crippen LogP contribution in [0.2, 0.25) is 0 Å². The highest BCUT2D eigenvalue weighted by atomic mass is 16.7. The number of allylic oxidation sites excluding steroid dienone is 2. The molecule has 0 aromatic carbocycles. The van der Waals surface area contributed by atoms with Crippen LogP contribution in [0, 0.1) is 0 Å². The quantitative estimate of drug-likeness (QED) is 0.0211. The van der Waals surface area contributed by atoms with E-state index in [1.54, 1.807) is 0 Å². The number of quaternary nitrogens is 1. The number of hydrogen-bond donors (Lipinski definition) is 1. The van der Waals surface area contributed by atoms with Gasteiger partial charge in [-0.15, -0.1) is 0 Å². The van der Waals surface area contributed by atoms with E-state index in [9.17, 15) is 19.5 Å². The van der Waals surface area contributed by atoms with Gasteiger partial charge in [0.2, 0.25) is 0 Å². The number of rotatable bonds is 50. The van der Waals surface area contributed by atoms with E-state index in [0.717, 1.165) is 38.5 Å². The van der Waals surface area contributed by atoms with Crippen molar-refractivity contribution in [2.75, 3.05) is 47.5 Å². The smallest absolute Gasteiger partial charge is 0.361 e. The SMILES string of the molecule is CCCCCCCCCC/C=C\CCCCCCCCCCCC(=O)OC(COC(=O)CCCCCCCCCCCCCCCCCCC)COC(OCC[N+](C)(C)C)C(=O)O. The number of carbonyl (C=O) groups excluding carboxylic acids is 2. The van der Waals surface area contributed by atoms with Crippen molar-refractivity contribution >= 4 is 17.9 Å². The molecule has 0 saturated carbocycles. The zero-order chi connectivity index (χ0) is 46.3. The third-order valence-corrected chi connectivity index (χ3v) is 12.0. The Morgan fingerprint density at radius 1 is 0.460 bits per heavy atom. The summed E-state index contributed by atoms with van der Waals surface area (Å²) in [6.07, 6.45) is 48.4. The third-order valence-electron chi connectivity index (χ3n) is 12.0. The lowest BCUT2D eigenvalue weighted by molar-refractivity contribution is -0.870. The lowest BCUT2D eigenvalue weighted by atomic mass is 10.0. The molecule has 0 aromatic heterocycles. The Labute approximate surface area is 389 Å². The molecule has 0 radical (unpaired) electrons. The Bertz CT molecular complexity index is 1040. The molecule has 1 N–H and O–H groups in total. The third kappa shape index (κ3) is 47.8. The van der Waals surface area contributed by atoms with Crippen molar-refractivity contribution in [1.82, 2.24) is 0 Å². The molecule has 0 aliphatic heterocycles. The minimum Gasteiger partial charge on any atom is -0.477 e. The summed E-state index contributed by atoms with van der Waals surface area (Å²) in [4.78, 5) is 37.3. The Morgan fingerprint density at radius 2 is 0.810 bits per heavy atom. The van der Waals surface area contributed by atoms with Crippen LogP contribution in [0.25, 0.3) is 0 Å². The zero-order valence-electron chi connectivity index (χ0n) is 42.3. The van der Waals surface area contributed by atoms with Crippen molar-refractivity contribution in [2.45, 2.75) is 270 Å². The fourth-order valence-electron chi connectivity index (χ4n) is 7.83. The second-order valence-corrected chi connectivity index (χ2v) is 19.5. The average molecular weight is 895 g/mol. The van der Waals surface area contributed by atoms with Gasteiger partial charge in [-0.3, -0.25) is 9.59 Å². The van der Waals surface area contributed by atoms with Gasteiger partial charge in [-0.25, -0.2) is 4.79 Å². The number of unbranched alkanes of at least 4 members (excludes halogenated alkanes) is 33. The Morgan fingerprint density at radius 3 is 1.17 bits per heavy atom. The molecule has 0 aliphatic rings. The fourth-order valence-corrected chi connectivity index (χ4v) is 7.83. The molecular weight excluding hydrogens is 791 g/mol. The number of hydrogen-bond acceptors (Lipinski definition) is 7. The van der Waals surface area contributed by atoms with Crippen molar-refractivity contribution in [3.63, 3.8) is 0 Å². The van der Waals surface area contributed by atoms with Gasteiger partial charge in [0.05, 0.1) is 34.4 Å². The molecule has 0 heterocycles. The molecule has 0 rings (SSSR count). The van der Waals surface area contributed by atoms with Crippen molar-refractivity contribution in [2.24, 2.45) is 0 Å². The van der Waals surface area contributed by atoms with Crippen LogP contribution in [0.1, 0.15) is 258 Å². The maximum Gasteiger partial charge on any atom is 0.361 e. The van der Waals surface area contributed by atoms with Gasteiger partial charge in [-0.2, -0.15) is 0 Å². The van der Waals surface area contributed by atoms with Crippen LogP contribution in [0.3, 0.4) is 0 Å². The molecule has 0 aliphatic carbocycles. The average Bonchev–Trinajstić information content (AvgIpc) is 3.24. The second-order valence-electron chi connectivity index (χ2n) is 19.5. The normalized spacial score (nSPS) is 12.8.